The van der Waals surface area contributed by atoms with Gasteiger partial charge < -0.3 is 15.0 Å². The number of nitrogens with one attached hydrogen (secondary N) is 1. The monoisotopic (exact) mass is 216 g/mol. The minimum Gasteiger partial charge on any atom is -0.385 e. The van der Waals surface area contributed by atoms with Crippen molar-refractivity contribution in [1.29, 1.82) is 0 Å². The van der Waals surface area contributed by atoms with Crippen LogP contribution in [-0.4, -0.2) is 50.7 Å². The van der Waals surface area contributed by atoms with Crippen LogP contribution in [0, 0.1) is 0 Å². The fraction of sp³-hybridized carbons (Fsp3) is 0.909. The Kier molecular flexibility index (Phi) is 8.33. The van der Waals surface area contributed by atoms with Gasteiger partial charge >= 0.3 is 0 Å². The van der Waals surface area contributed by atoms with Crippen molar-refractivity contribution in [2.45, 2.75) is 32.7 Å². The van der Waals surface area contributed by atoms with Crippen LogP contribution >= 0.6 is 0 Å². The van der Waals surface area contributed by atoms with Crippen LogP contribution in [0.4, 0.5) is 0 Å². The lowest BCUT2D eigenvalue weighted by Crippen LogP contribution is -2.43. The number of hydrogen-bond donors (Lipinski definition) is 1. The molecule has 0 heterocycles. The molecule has 0 aliphatic heterocycles. The summed E-state index contributed by atoms with van der Waals surface area (Å²) in [5.74, 6) is 0.157. The first-order valence-electron chi connectivity index (χ1n) is 5.60. The number of amides is 1. The zero-order valence-corrected chi connectivity index (χ0v) is 10.4. The maximum Gasteiger partial charge on any atom is 0.239 e. The zero-order valence-electron chi connectivity index (χ0n) is 10.4. The third-order valence-electron chi connectivity index (χ3n) is 2.45. The number of hydrogen-bond acceptors (Lipinski definition) is 3. The average Bonchev–Trinajstić information content (AvgIpc) is 2.26. The highest BCUT2D eigenvalue weighted by Gasteiger charge is 2.14. The first kappa shape index (κ1) is 14.4. The Morgan fingerprint density at radius 2 is 2.13 bits per heavy atom. The normalized spacial score (nSPS) is 12.5. The standard InChI is InChI=1S/C11H24N2O2/c1-5-13(3)11(14)10(2)12-8-6-7-9-15-4/h10,12H,5-9H2,1-4H3. The van der Waals surface area contributed by atoms with Crippen LogP contribution in [0.5, 0.6) is 0 Å². The molecule has 0 aliphatic rings. The van der Waals surface area contributed by atoms with Crippen molar-refractivity contribution < 1.29 is 9.53 Å². The lowest BCUT2D eigenvalue weighted by Gasteiger charge is -2.20. The molecule has 0 aliphatic carbocycles. The van der Waals surface area contributed by atoms with Crippen molar-refractivity contribution in [2.75, 3.05) is 33.9 Å². The second kappa shape index (κ2) is 8.68. The van der Waals surface area contributed by atoms with E-state index < -0.39 is 0 Å². The predicted molar refractivity (Wildman–Crippen MR) is 61.9 cm³/mol. The van der Waals surface area contributed by atoms with Gasteiger partial charge in [0.05, 0.1) is 6.04 Å². The molecule has 1 amide bonds. The summed E-state index contributed by atoms with van der Waals surface area (Å²) in [7, 11) is 3.53. The largest absolute Gasteiger partial charge is 0.385 e. The highest BCUT2D eigenvalue weighted by molar-refractivity contribution is 5.81. The molecule has 4 nitrogen and oxygen atoms in total. The molecule has 15 heavy (non-hydrogen) atoms. The summed E-state index contributed by atoms with van der Waals surface area (Å²) < 4.78 is 4.95. The summed E-state index contributed by atoms with van der Waals surface area (Å²) in [5.41, 5.74) is 0. The number of unbranched alkanes of at least 4 members (excludes halogenated alkanes) is 1. The van der Waals surface area contributed by atoms with Crippen molar-refractivity contribution in [2.24, 2.45) is 0 Å². The number of carbonyl (C=O) groups excluding carboxylic acids is 1. The Morgan fingerprint density at radius 1 is 1.47 bits per heavy atom. The van der Waals surface area contributed by atoms with Crippen LogP contribution in [0.2, 0.25) is 0 Å². The minimum atomic E-state index is -0.0857. The van der Waals surface area contributed by atoms with Gasteiger partial charge in [-0.1, -0.05) is 0 Å². The van der Waals surface area contributed by atoms with Crippen LogP contribution in [0.3, 0.4) is 0 Å². The fourth-order valence-corrected chi connectivity index (χ4v) is 1.26. The van der Waals surface area contributed by atoms with E-state index in [1.807, 2.05) is 20.9 Å². The summed E-state index contributed by atoms with van der Waals surface area (Å²) in [4.78, 5) is 13.4. The highest BCUT2D eigenvalue weighted by Crippen LogP contribution is 1.93. The molecule has 0 rings (SSSR count). The smallest absolute Gasteiger partial charge is 0.239 e. The van der Waals surface area contributed by atoms with Crippen molar-refractivity contribution in [3.05, 3.63) is 0 Å². The summed E-state index contributed by atoms with van der Waals surface area (Å²) in [5, 5.41) is 3.21. The first-order valence-corrected chi connectivity index (χ1v) is 5.60. The van der Waals surface area contributed by atoms with Crippen LogP contribution in [0.15, 0.2) is 0 Å². The molecule has 0 saturated heterocycles. The molecule has 0 bridgehead atoms. The van der Waals surface area contributed by atoms with E-state index in [1.54, 1.807) is 12.0 Å². The van der Waals surface area contributed by atoms with E-state index in [-0.39, 0.29) is 11.9 Å². The van der Waals surface area contributed by atoms with Crippen LogP contribution in [-0.2, 0) is 9.53 Å². The first-order chi connectivity index (χ1) is 7.13. The van der Waals surface area contributed by atoms with E-state index in [2.05, 4.69) is 5.32 Å². The predicted octanol–water partition coefficient (Wildman–Crippen LogP) is 0.869. The summed E-state index contributed by atoms with van der Waals surface area (Å²) in [6, 6.07) is -0.0857. The van der Waals surface area contributed by atoms with Crippen LogP contribution in [0.25, 0.3) is 0 Å². The third-order valence-corrected chi connectivity index (χ3v) is 2.45. The van der Waals surface area contributed by atoms with Crippen LogP contribution < -0.4 is 5.32 Å². The SMILES string of the molecule is CCN(C)C(=O)C(C)NCCCCOC. The molecule has 4 heteroatoms. The maximum atomic E-state index is 11.6. The quantitative estimate of drug-likeness (QED) is 0.612. The van der Waals surface area contributed by atoms with Crippen molar-refractivity contribution in [3.8, 4) is 0 Å². The van der Waals surface area contributed by atoms with Crippen molar-refractivity contribution in [3.63, 3.8) is 0 Å². The van der Waals surface area contributed by atoms with E-state index in [9.17, 15) is 4.79 Å². The van der Waals surface area contributed by atoms with Crippen molar-refractivity contribution in [1.82, 2.24) is 10.2 Å². The van der Waals surface area contributed by atoms with E-state index in [4.69, 9.17) is 4.74 Å². The van der Waals surface area contributed by atoms with Gasteiger partial charge in [-0.3, -0.25) is 4.79 Å². The van der Waals surface area contributed by atoms with E-state index >= 15 is 0 Å². The van der Waals surface area contributed by atoms with E-state index in [0.29, 0.717) is 0 Å². The number of nitrogens with zero attached hydrogens (tertiary/aromatic N) is 1. The lowest BCUT2D eigenvalue weighted by atomic mass is 10.2. The van der Waals surface area contributed by atoms with Crippen molar-refractivity contribution >= 4 is 5.91 Å². The van der Waals surface area contributed by atoms with Gasteiger partial charge in [0, 0.05) is 27.3 Å². The molecule has 90 valence electrons. The van der Waals surface area contributed by atoms with Gasteiger partial charge in [-0.05, 0) is 33.2 Å². The molecule has 1 unspecified atom stereocenters. The molecular formula is C11H24N2O2. The molecule has 0 aromatic carbocycles. The van der Waals surface area contributed by atoms with Gasteiger partial charge in [-0.15, -0.1) is 0 Å². The number of likely N-dealkylation sites (N-methyl/N-ethyl adjacent to an activating group) is 1. The highest BCUT2D eigenvalue weighted by atomic mass is 16.5. The minimum absolute atomic E-state index is 0.0857. The average molecular weight is 216 g/mol. The second-order valence-electron chi connectivity index (χ2n) is 3.73. The Bertz CT molecular complexity index is 174. The zero-order chi connectivity index (χ0) is 11.7. The van der Waals surface area contributed by atoms with Gasteiger partial charge in [0.25, 0.3) is 0 Å². The number of rotatable bonds is 8. The summed E-state index contributed by atoms with van der Waals surface area (Å²) >= 11 is 0. The number of carbonyl (C=O) groups is 1. The molecule has 0 aromatic heterocycles. The topological polar surface area (TPSA) is 41.6 Å². The van der Waals surface area contributed by atoms with Gasteiger partial charge in [0.15, 0.2) is 0 Å². The lowest BCUT2D eigenvalue weighted by molar-refractivity contribution is -0.131. The molecular weight excluding hydrogens is 192 g/mol. The summed E-state index contributed by atoms with van der Waals surface area (Å²) in [6.07, 6.45) is 2.08. The van der Waals surface area contributed by atoms with Gasteiger partial charge in [0.2, 0.25) is 5.91 Å². The molecule has 1 N–H and O–H groups in total. The van der Waals surface area contributed by atoms with Gasteiger partial charge in [-0.25, -0.2) is 0 Å². The van der Waals surface area contributed by atoms with Gasteiger partial charge in [0.1, 0.15) is 0 Å². The molecule has 1 atom stereocenters. The third kappa shape index (κ3) is 6.47. The summed E-state index contributed by atoms with van der Waals surface area (Å²) in [6.45, 7) is 6.30. The van der Waals surface area contributed by atoms with Crippen LogP contribution in [0.1, 0.15) is 26.7 Å². The molecule has 0 radical (unpaired) electrons. The molecule has 0 spiro atoms. The van der Waals surface area contributed by atoms with Gasteiger partial charge in [-0.2, -0.15) is 0 Å². The fourth-order valence-electron chi connectivity index (χ4n) is 1.26. The Morgan fingerprint density at radius 3 is 2.67 bits per heavy atom. The Hall–Kier alpha value is -0.610. The van der Waals surface area contributed by atoms with E-state index in [0.717, 1.165) is 32.5 Å². The molecule has 0 saturated carbocycles. The molecule has 0 aromatic rings. The van der Waals surface area contributed by atoms with E-state index in [1.165, 1.54) is 0 Å². The maximum absolute atomic E-state index is 11.6. The molecule has 0 fully saturated rings. The number of ether oxygens (including phenoxy) is 1. The number of methoxy groups -OCH3 is 1. The Labute approximate surface area is 93.0 Å². The Balaban J connectivity index is 3.55. The second-order valence-corrected chi connectivity index (χ2v) is 3.73.